The van der Waals surface area contributed by atoms with Gasteiger partial charge in [0.05, 0.1) is 0 Å². The molecule has 162 valence electrons. The SMILES string of the molecule is C=CCCCCCCCCP(CCCCCCCC)CCCCCCCC. The molecule has 0 nitrogen and oxygen atoms in total. The van der Waals surface area contributed by atoms with Gasteiger partial charge in [-0.25, -0.2) is 0 Å². The van der Waals surface area contributed by atoms with Crippen molar-refractivity contribution in [2.75, 3.05) is 18.5 Å². The van der Waals surface area contributed by atoms with Crippen molar-refractivity contribution in [3.63, 3.8) is 0 Å². The van der Waals surface area contributed by atoms with Crippen molar-refractivity contribution in [1.82, 2.24) is 0 Å². The molecular weight excluding hydrogens is 343 g/mol. The molecule has 0 aliphatic heterocycles. The lowest BCUT2D eigenvalue weighted by Gasteiger charge is -2.18. The highest BCUT2D eigenvalue weighted by Crippen LogP contribution is 2.39. The Morgan fingerprint density at radius 3 is 1.19 bits per heavy atom. The number of rotatable bonds is 23. The number of hydrogen-bond donors (Lipinski definition) is 0. The molecular formula is C26H53P. The number of allylic oxidation sites excluding steroid dienone is 1. The van der Waals surface area contributed by atoms with E-state index < -0.39 is 0 Å². The van der Waals surface area contributed by atoms with E-state index in [-0.39, 0.29) is 0 Å². The van der Waals surface area contributed by atoms with Crippen LogP contribution in [0.3, 0.4) is 0 Å². The molecule has 0 aliphatic rings. The maximum Gasteiger partial charge on any atom is -0.0326 e. The Morgan fingerprint density at radius 1 is 0.481 bits per heavy atom. The normalized spacial score (nSPS) is 11.4. The first-order valence-corrected chi connectivity index (χ1v) is 14.6. The quantitative estimate of drug-likeness (QED) is 0.0915. The highest BCUT2D eigenvalue weighted by Gasteiger charge is 2.07. The maximum atomic E-state index is 3.82. The van der Waals surface area contributed by atoms with E-state index in [1.165, 1.54) is 122 Å². The molecule has 0 fully saturated rings. The lowest BCUT2D eigenvalue weighted by atomic mass is 10.1. The molecule has 0 bridgehead atoms. The number of hydrogen-bond acceptors (Lipinski definition) is 0. The van der Waals surface area contributed by atoms with Crippen LogP contribution >= 0.6 is 7.92 Å². The summed E-state index contributed by atoms with van der Waals surface area (Å²) in [6.45, 7) is 8.46. The van der Waals surface area contributed by atoms with E-state index in [9.17, 15) is 0 Å². The van der Waals surface area contributed by atoms with Crippen LogP contribution in [0.5, 0.6) is 0 Å². The highest BCUT2D eigenvalue weighted by atomic mass is 31.1. The van der Waals surface area contributed by atoms with E-state index in [2.05, 4.69) is 26.5 Å². The van der Waals surface area contributed by atoms with Crippen LogP contribution in [-0.4, -0.2) is 18.5 Å². The van der Waals surface area contributed by atoms with Crippen LogP contribution in [0.15, 0.2) is 12.7 Å². The van der Waals surface area contributed by atoms with Crippen molar-refractivity contribution in [3.8, 4) is 0 Å². The third-order valence-electron chi connectivity index (χ3n) is 5.79. The Hall–Kier alpha value is 0.170. The first-order chi connectivity index (χ1) is 13.3. The van der Waals surface area contributed by atoms with Gasteiger partial charge in [0.25, 0.3) is 0 Å². The molecule has 0 amide bonds. The first-order valence-electron chi connectivity index (χ1n) is 12.7. The smallest absolute Gasteiger partial charge is 0.0326 e. The lowest BCUT2D eigenvalue weighted by molar-refractivity contribution is 0.610. The molecule has 0 aromatic carbocycles. The molecule has 0 aliphatic carbocycles. The molecule has 0 saturated carbocycles. The average molecular weight is 397 g/mol. The van der Waals surface area contributed by atoms with Crippen LogP contribution in [0.25, 0.3) is 0 Å². The zero-order chi connectivity index (χ0) is 19.8. The summed E-state index contributed by atoms with van der Waals surface area (Å²) in [5.74, 6) is 0. The van der Waals surface area contributed by atoms with Gasteiger partial charge in [-0.1, -0.05) is 110 Å². The molecule has 0 saturated heterocycles. The molecule has 27 heavy (non-hydrogen) atoms. The summed E-state index contributed by atoms with van der Waals surface area (Å²) in [6, 6.07) is 0. The summed E-state index contributed by atoms with van der Waals surface area (Å²) in [5, 5.41) is 0. The van der Waals surface area contributed by atoms with E-state index in [4.69, 9.17) is 0 Å². The van der Waals surface area contributed by atoms with Gasteiger partial charge in [0.2, 0.25) is 0 Å². The van der Waals surface area contributed by atoms with E-state index >= 15 is 0 Å². The molecule has 0 radical (unpaired) electrons. The predicted molar refractivity (Wildman–Crippen MR) is 131 cm³/mol. The molecule has 1 heteroatoms. The van der Waals surface area contributed by atoms with Gasteiger partial charge in [0, 0.05) is 0 Å². The molecule has 0 N–H and O–H groups in total. The summed E-state index contributed by atoms with van der Waals surface area (Å²) in [7, 11) is 0.347. The van der Waals surface area contributed by atoms with Crippen molar-refractivity contribution in [2.45, 2.75) is 136 Å². The average Bonchev–Trinajstić information content (AvgIpc) is 2.68. The minimum absolute atomic E-state index is 0.347. The largest absolute Gasteiger partial charge is 0.107 e. The van der Waals surface area contributed by atoms with Gasteiger partial charge in [-0.3, -0.25) is 0 Å². The molecule has 0 spiro atoms. The van der Waals surface area contributed by atoms with Crippen molar-refractivity contribution in [1.29, 1.82) is 0 Å². The monoisotopic (exact) mass is 396 g/mol. The fourth-order valence-electron chi connectivity index (χ4n) is 3.90. The van der Waals surface area contributed by atoms with E-state index in [1.54, 1.807) is 18.5 Å². The molecule has 0 rings (SSSR count). The molecule has 0 heterocycles. The highest BCUT2D eigenvalue weighted by molar-refractivity contribution is 7.57. The van der Waals surface area contributed by atoms with Crippen LogP contribution in [-0.2, 0) is 0 Å². The van der Waals surface area contributed by atoms with Gasteiger partial charge in [0.1, 0.15) is 0 Å². The Balaban J connectivity index is 3.78. The second-order valence-electron chi connectivity index (χ2n) is 8.58. The summed E-state index contributed by atoms with van der Waals surface area (Å²) in [6.07, 6.45) is 34.3. The second-order valence-corrected chi connectivity index (χ2v) is 11.3. The molecule has 0 unspecified atom stereocenters. The van der Waals surface area contributed by atoms with Gasteiger partial charge < -0.3 is 0 Å². The second kappa shape index (κ2) is 24.2. The van der Waals surface area contributed by atoms with Crippen molar-refractivity contribution in [2.24, 2.45) is 0 Å². The van der Waals surface area contributed by atoms with Gasteiger partial charge in [0.15, 0.2) is 0 Å². The van der Waals surface area contributed by atoms with Crippen LogP contribution in [0.2, 0.25) is 0 Å². The predicted octanol–water partition coefficient (Wildman–Crippen LogP) is 10.1. The molecule has 0 aromatic heterocycles. The Morgan fingerprint density at radius 2 is 0.815 bits per heavy atom. The summed E-state index contributed by atoms with van der Waals surface area (Å²) >= 11 is 0. The Bertz CT molecular complexity index is 257. The molecule has 0 aromatic rings. The topological polar surface area (TPSA) is 0 Å². The standard InChI is InChI=1S/C26H53P/c1-4-7-10-13-16-17-20-23-26-27(24-21-18-14-11-8-5-2)25-22-19-15-12-9-6-3/h4H,1,5-26H2,2-3H3. The van der Waals surface area contributed by atoms with E-state index in [1.807, 2.05) is 0 Å². The number of unbranched alkanes of at least 4 members (excludes halogenated alkanes) is 16. The van der Waals surface area contributed by atoms with Gasteiger partial charge in [-0.15, -0.1) is 14.5 Å². The third-order valence-corrected chi connectivity index (χ3v) is 8.63. The van der Waals surface area contributed by atoms with Crippen LogP contribution < -0.4 is 0 Å². The summed E-state index contributed by atoms with van der Waals surface area (Å²) in [5.41, 5.74) is 0. The Labute approximate surface area is 175 Å². The zero-order valence-electron chi connectivity index (χ0n) is 19.3. The fourth-order valence-corrected chi connectivity index (χ4v) is 6.58. The van der Waals surface area contributed by atoms with E-state index in [0.29, 0.717) is 7.92 Å². The van der Waals surface area contributed by atoms with Gasteiger partial charge in [-0.05, 0) is 50.6 Å². The van der Waals surface area contributed by atoms with Crippen LogP contribution in [0.1, 0.15) is 136 Å². The summed E-state index contributed by atoms with van der Waals surface area (Å²) < 4.78 is 0. The minimum Gasteiger partial charge on any atom is -0.107 e. The van der Waals surface area contributed by atoms with Gasteiger partial charge in [-0.2, -0.15) is 0 Å². The van der Waals surface area contributed by atoms with Crippen molar-refractivity contribution < 1.29 is 0 Å². The minimum atomic E-state index is 0.347. The summed E-state index contributed by atoms with van der Waals surface area (Å²) in [4.78, 5) is 0. The Kier molecular flexibility index (Phi) is 24.4. The lowest BCUT2D eigenvalue weighted by Crippen LogP contribution is -1.97. The van der Waals surface area contributed by atoms with E-state index in [0.717, 1.165) is 0 Å². The van der Waals surface area contributed by atoms with Crippen molar-refractivity contribution in [3.05, 3.63) is 12.7 Å². The van der Waals surface area contributed by atoms with Crippen LogP contribution in [0.4, 0.5) is 0 Å². The zero-order valence-corrected chi connectivity index (χ0v) is 20.2. The van der Waals surface area contributed by atoms with Gasteiger partial charge >= 0.3 is 0 Å². The maximum absolute atomic E-state index is 3.82. The molecule has 0 atom stereocenters. The first kappa shape index (κ1) is 27.2. The fraction of sp³-hybridized carbons (Fsp3) is 0.923. The third kappa shape index (κ3) is 22.3. The van der Waals surface area contributed by atoms with Crippen molar-refractivity contribution >= 4 is 7.92 Å². The van der Waals surface area contributed by atoms with Crippen LogP contribution in [0, 0.1) is 0 Å².